The van der Waals surface area contributed by atoms with E-state index < -0.39 is 61.1 Å². The molecule has 13 nitrogen and oxygen atoms in total. The molecule has 2 saturated heterocycles. The molecule has 3 aliphatic rings. The lowest BCUT2D eigenvalue weighted by atomic mass is 10.1. The van der Waals surface area contributed by atoms with Crippen molar-refractivity contribution in [1.29, 1.82) is 5.41 Å². The van der Waals surface area contributed by atoms with Gasteiger partial charge in [0.15, 0.2) is 18.1 Å². The molecule has 13 heteroatoms. The summed E-state index contributed by atoms with van der Waals surface area (Å²) in [4.78, 5) is 41.4. The highest BCUT2D eigenvalue weighted by atomic mass is 16.6. The Morgan fingerprint density at radius 2 is 2.04 bits per heavy atom. The number of fused-ring (bicyclic) bond motifs is 1. The van der Waals surface area contributed by atoms with E-state index in [9.17, 15) is 29.7 Å². The van der Waals surface area contributed by atoms with Crippen molar-refractivity contribution in [2.24, 2.45) is 4.99 Å². The number of aliphatic carboxylic acids is 1. The first kappa shape index (κ1) is 18.9. The fraction of sp³-hybridized carbons (Fsp3) is 0.500. The quantitative estimate of drug-likeness (QED) is 0.265. The lowest BCUT2D eigenvalue weighted by Crippen LogP contribution is -2.54. The first-order chi connectivity index (χ1) is 12.8. The number of carboxylic acid groups (broad SMARTS) is 1. The van der Waals surface area contributed by atoms with E-state index in [0.29, 0.717) is 0 Å². The molecular formula is C14H17N5O8. The molecule has 3 aliphatic heterocycles. The van der Waals surface area contributed by atoms with Crippen LogP contribution < -0.4 is 5.32 Å². The van der Waals surface area contributed by atoms with Gasteiger partial charge in [0.1, 0.15) is 18.3 Å². The molecule has 0 saturated carbocycles. The van der Waals surface area contributed by atoms with Crippen molar-refractivity contribution in [2.75, 3.05) is 13.2 Å². The number of amides is 3. The van der Waals surface area contributed by atoms with Crippen molar-refractivity contribution in [3.8, 4) is 0 Å². The van der Waals surface area contributed by atoms with Crippen LogP contribution in [0.3, 0.4) is 0 Å². The number of guanidine groups is 1. The fourth-order valence-electron chi connectivity index (χ4n) is 3.10. The van der Waals surface area contributed by atoms with Crippen LogP contribution in [0.5, 0.6) is 0 Å². The zero-order valence-corrected chi connectivity index (χ0v) is 13.7. The van der Waals surface area contributed by atoms with Crippen LogP contribution in [0.4, 0.5) is 4.79 Å². The Balaban J connectivity index is 1.96. The van der Waals surface area contributed by atoms with Gasteiger partial charge in [-0.1, -0.05) is 6.08 Å². The van der Waals surface area contributed by atoms with E-state index in [2.05, 4.69) is 10.3 Å². The number of carbonyl (C=O) groups excluding carboxylic acids is 2. The molecule has 0 spiro atoms. The number of nitrogens with one attached hydrogen (secondary N) is 2. The summed E-state index contributed by atoms with van der Waals surface area (Å²) in [5.41, 5.74) is 0. The Bertz CT molecular complexity index is 752. The van der Waals surface area contributed by atoms with Crippen LogP contribution in [0.15, 0.2) is 17.1 Å². The zero-order chi connectivity index (χ0) is 19.9. The topological polar surface area (TPSA) is 196 Å². The minimum atomic E-state index is -1.59. The Labute approximate surface area is 151 Å². The maximum absolute atomic E-state index is 12.8. The molecule has 146 valence electrons. The number of hydrogen-bond donors (Lipinski definition) is 6. The van der Waals surface area contributed by atoms with Crippen molar-refractivity contribution in [1.82, 2.24) is 15.1 Å². The Morgan fingerprint density at radius 3 is 2.63 bits per heavy atom. The summed E-state index contributed by atoms with van der Waals surface area (Å²) in [6.45, 7) is -0.880. The molecule has 27 heavy (non-hydrogen) atoms. The standard InChI is InChI=1S/C14H17N5O8/c15-13-16-10-7(11(25)17-13)18(3-1-2-6(21)22)14(26)19(10)12-9(24)8(23)5(4-20)27-12/h1-2,5,7-9,12,20,23-24H,3-4H2,(H,21,22)(H2,15,17,25)/b2-1+/t5-,7?,8+,9-,12-/m1/s1. The molecular weight excluding hydrogens is 366 g/mol. The fourth-order valence-corrected chi connectivity index (χ4v) is 3.10. The van der Waals surface area contributed by atoms with E-state index in [1.54, 1.807) is 0 Å². The normalized spacial score (nSPS) is 33.5. The summed E-state index contributed by atoms with van der Waals surface area (Å²) >= 11 is 0. The van der Waals surface area contributed by atoms with Gasteiger partial charge in [0.2, 0.25) is 5.96 Å². The molecule has 3 heterocycles. The molecule has 0 aliphatic carbocycles. The summed E-state index contributed by atoms with van der Waals surface area (Å²) < 4.78 is 5.33. The van der Waals surface area contributed by atoms with Crippen molar-refractivity contribution >= 4 is 29.7 Å². The van der Waals surface area contributed by atoms with Crippen LogP contribution in [0, 0.1) is 5.41 Å². The van der Waals surface area contributed by atoms with E-state index in [1.807, 2.05) is 0 Å². The SMILES string of the molecule is N=C1N=C2C(C(=O)N1)N(C/C=C/C(=O)O)C(=O)N2[C@@H]1O[C@H](CO)[C@H](O)[C@H]1O. The minimum Gasteiger partial charge on any atom is -0.478 e. The number of amidine groups is 1. The van der Waals surface area contributed by atoms with Crippen LogP contribution in [0.1, 0.15) is 0 Å². The second-order valence-corrected chi connectivity index (χ2v) is 5.98. The molecule has 0 bridgehead atoms. The van der Waals surface area contributed by atoms with Gasteiger partial charge in [-0.15, -0.1) is 0 Å². The first-order valence-electron chi connectivity index (χ1n) is 7.86. The molecule has 5 atom stereocenters. The van der Waals surface area contributed by atoms with Gasteiger partial charge in [0.25, 0.3) is 5.91 Å². The number of aliphatic hydroxyl groups is 3. The lowest BCUT2D eigenvalue weighted by Gasteiger charge is -2.26. The number of nitrogens with zero attached hydrogens (tertiary/aromatic N) is 3. The van der Waals surface area contributed by atoms with Gasteiger partial charge < -0.3 is 30.1 Å². The third-order valence-corrected chi connectivity index (χ3v) is 4.31. The number of urea groups is 1. The van der Waals surface area contributed by atoms with Crippen LogP contribution in [0.2, 0.25) is 0 Å². The second kappa shape index (κ2) is 7.03. The molecule has 6 N–H and O–H groups in total. The van der Waals surface area contributed by atoms with Crippen molar-refractivity contribution in [3.63, 3.8) is 0 Å². The van der Waals surface area contributed by atoms with Gasteiger partial charge in [-0.05, 0) is 0 Å². The average molecular weight is 383 g/mol. The van der Waals surface area contributed by atoms with Crippen LogP contribution in [0.25, 0.3) is 0 Å². The highest BCUT2D eigenvalue weighted by Crippen LogP contribution is 2.31. The molecule has 0 radical (unpaired) electrons. The van der Waals surface area contributed by atoms with Gasteiger partial charge >= 0.3 is 12.0 Å². The summed E-state index contributed by atoms with van der Waals surface area (Å²) in [6.07, 6.45) is -3.74. The summed E-state index contributed by atoms with van der Waals surface area (Å²) in [7, 11) is 0. The van der Waals surface area contributed by atoms with E-state index in [-0.39, 0.29) is 12.4 Å². The summed E-state index contributed by atoms with van der Waals surface area (Å²) in [5, 5.41) is 47.7. The van der Waals surface area contributed by atoms with Crippen molar-refractivity contribution in [2.45, 2.75) is 30.6 Å². The van der Waals surface area contributed by atoms with Crippen LogP contribution >= 0.6 is 0 Å². The number of ether oxygens (including phenoxy) is 1. The van der Waals surface area contributed by atoms with E-state index in [4.69, 9.17) is 15.3 Å². The van der Waals surface area contributed by atoms with Crippen LogP contribution in [-0.2, 0) is 14.3 Å². The Morgan fingerprint density at radius 1 is 1.33 bits per heavy atom. The highest BCUT2D eigenvalue weighted by molar-refractivity contribution is 6.25. The average Bonchev–Trinajstić information content (AvgIpc) is 3.02. The summed E-state index contributed by atoms with van der Waals surface area (Å²) in [6, 6.07) is -2.11. The zero-order valence-electron chi connectivity index (χ0n) is 13.7. The molecule has 3 amide bonds. The van der Waals surface area contributed by atoms with E-state index in [0.717, 1.165) is 22.0 Å². The molecule has 0 aromatic heterocycles. The van der Waals surface area contributed by atoms with E-state index >= 15 is 0 Å². The van der Waals surface area contributed by atoms with Gasteiger partial charge in [-0.3, -0.25) is 15.5 Å². The van der Waals surface area contributed by atoms with Gasteiger partial charge in [-0.25, -0.2) is 14.5 Å². The predicted molar refractivity (Wildman–Crippen MR) is 85.6 cm³/mol. The third-order valence-electron chi connectivity index (χ3n) is 4.31. The predicted octanol–water partition coefficient (Wildman–Crippen LogP) is -3.36. The third kappa shape index (κ3) is 3.16. The lowest BCUT2D eigenvalue weighted by molar-refractivity contribution is -0.131. The molecule has 0 aromatic rings. The number of hydrogen-bond acceptors (Lipinski definition) is 8. The monoisotopic (exact) mass is 383 g/mol. The number of carboxylic acids is 1. The largest absolute Gasteiger partial charge is 0.478 e. The van der Waals surface area contributed by atoms with Crippen molar-refractivity contribution < 1.29 is 39.5 Å². The van der Waals surface area contributed by atoms with Gasteiger partial charge in [0, 0.05) is 12.6 Å². The van der Waals surface area contributed by atoms with Gasteiger partial charge in [0.05, 0.1) is 6.61 Å². The smallest absolute Gasteiger partial charge is 0.329 e. The van der Waals surface area contributed by atoms with E-state index in [1.165, 1.54) is 0 Å². The molecule has 1 unspecified atom stereocenters. The number of carbonyl (C=O) groups is 3. The summed E-state index contributed by atoms with van der Waals surface area (Å²) in [5.74, 6) is -2.71. The number of rotatable bonds is 5. The van der Waals surface area contributed by atoms with Crippen molar-refractivity contribution in [3.05, 3.63) is 12.2 Å². The second-order valence-electron chi connectivity index (χ2n) is 5.98. The Hall–Kier alpha value is -2.87. The maximum Gasteiger partial charge on any atom is 0.329 e. The Kier molecular flexibility index (Phi) is 4.93. The van der Waals surface area contributed by atoms with Gasteiger partial charge in [-0.2, -0.15) is 4.99 Å². The van der Waals surface area contributed by atoms with Crippen LogP contribution in [-0.4, -0.2) is 104 Å². The number of aliphatic hydroxyl groups excluding tert-OH is 3. The minimum absolute atomic E-state index is 0.202. The number of aliphatic imine (C=N–C) groups is 1. The first-order valence-corrected chi connectivity index (χ1v) is 7.86. The maximum atomic E-state index is 12.8. The molecule has 2 fully saturated rings. The molecule has 0 aromatic carbocycles. The highest BCUT2D eigenvalue weighted by Gasteiger charge is 2.56. The molecule has 3 rings (SSSR count).